The highest BCUT2D eigenvalue weighted by Crippen LogP contribution is 2.24. The number of hydrogen-bond donors (Lipinski definition) is 2. The molecule has 2 rings (SSSR count). The van der Waals surface area contributed by atoms with Crippen molar-refractivity contribution in [3.8, 4) is 0 Å². The summed E-state index contributed by atoms with van der Waals surface area (Å²) in [7, 11) is 0. The summed E-state index contributed by atoms with van der Waals surface area (Å²) in [5.41, 5.74) is 6.18. The zero-order valence-electron chi connectivity index (χ0n) is 8.69. The van der Waals surface area contributed by atoms with E-state index in [1.807, 2.05) is 17.5 Å². The van der Waals surface area contributed by atoms with Crippen LogP contribution in [0.4, 0.5) is 10.1 Å². The molecule has 0 spiro atoms. The van der Waals surface area contributed by atoms with Gasteiger partial charge in [-0.25, -0.2) is 4.39 Å². The first kappa shape index (κ1) is 11.1. The van der Waals surface area contributed by atoms with E-state index in [-0.39, 0.29) is 11.9 Å². The molecule has 1 aromatic heterocycles. The summed E-state index contributed by atoms with van der Waals surface area (Å²) < 4.78 is 13.4. The Balaban J connectivity index is 2.17. The van der Waals surface area contributed by atoms with Crippen molar-refractivity contribution in [1.29, 1.82) is 0 Å². The first-order chi connectivity index (χ1) is 7.81. The summed E-state index contributed by atoms with van der Waals surface area (Å²) in [4.78, 5) is 1.12. The van der Waals surface area contributed by atoms with Gasteiger partial charge in [-0.15, -0.1) is 11.3 Å². The molecule has 2 aromatic rings. The Kier molecular flexibility index (Phi) is 3.54. The van der Waals surface area contributed by atoms with Crippen LogP contribution in [0.5, 0.6) is 0 Å². The van der Waals surface area contributed by atoms with Crippen LogP contribution in [0.2, 0.25) is 0 Å². The second-order valence-electron chi connectivity index (χ2n) is 3.43. The summed E-state index contributed by atoms with van der Waals surface area (Å²) in [6.07, 6.45) is 0. The molecule has 1 aromatic carbocycles. The molecule has 1 unspecified atom stereocenters. The van der Waals surface area contributed by atoms with E-state index in [2.05, 4.69) is 5.32 Å². The lowest BCUT2D eigenvalue weighted by atomic mass is 10.2. The molecule has 0 aliphatic rings. The smallest absolute Gasteiger partial charge is 0.146 e. The van der Waals surface area contributed by atoms with E-state index in [4.69, 9.17) is 5.73 Å². The van der Waals surface area contributed by atoms with Crippen LogP contribution in [-0.2, 0) is 0 Å². The zero-order chi connectivity index (χ0) is 11.4. The van der Waals surface area contributed by atoms with Crippen molar-refractivity contribution in [3.63, 3.8) is 0 Å². The van der Waals surface area contributed by atoms with Gasteiger partial charge in [0.15, 0.2) is 0 Å². The Bertz CT molecular complexity index is 442. The number of nitrogens with one attached hydrogen (secondary N) is 1. The predicted molar refractivity (Wildman–Crippen MR) is 66.1 cm³/mol. The molecule has 16 heavy (non-hydrogen) atoms. The van der Waals surface area contributed by atoms with Crippen LogP contribution in [-0.4, -0.2) is 6.54 Å². The van der Waals surface area contributed by atoms with Gasteiger partial charge < -0.3 is 11.1 Å². The van der Waals surface area contributed by atoms with Gasteiger partial charge in [-0.1, -0.05) is 18.2 Å². The molecular formula is C12H13FN2S. The van der Waals surface area contributed by atoms with Crippen LogP contribution in [0, 0.1) is 5.82 Å². The fourth-order valence-electron chi connectivity index (χ4n) is 1.50. The summed E-state index contributed by atoms with van der Waals surface area (Å²) in [5.74, 6) is -0.252. The van der Waals surface area contributed by atoms with Gasteiger partial charge in [0, 0.05) is 11.4 Å². The standard InChI is InChI=1S/C12H13FN2S/c13-9-4-1-2-5-10(9)15-11(8-14)12-6-3-7-16-12/h1-7,11,15H,8,14H2. The molecule has 3 N–H and O–H groups in total. The van der Waals surface area contributed by atoms with E-state index < -0.39 is 0 Å². The Morgan fingerprint density at radius 3 is 2.69 bits per heavy atom. The Morgan fingerprint density at radius 2 is 2.06 bits per heavy atom. The Hall–Kier alpha value is -1.39. The molecule has 1 heterocycles. The molecule has 0 amide bonds. The molecule has 0 aliphatic heterocycles. The van der Waals surface area contributed by atoms with E-state index in [9.17, 15) is 4.39 Å². The van der Waals surface area contributed by atoms with Gasteiger partial charge >= 0.3 is 0 Å². The van der Waals surface area contributed by atoms with Gasteiger partial charge in [-0.2, -0.15) is 0 Å². The van der Waals surface area contributed by atoms with Crippen molar-refractivity contribution in [2.75, 3.05) is 11.9 Å². The van der Waals surface area contributed by atoms with Gasteiger partial charge in [0.1, 0.15) is 5.82 Å². The van der Waals surface area contributed by atoms with Crippen molar-refractivity contribution in [1.82, 2.24) is 0 Å². The number of nitrogens with two attached hydrogens (primary N) is 1. The molecule has 2 nitrogen and oxygen atoms in total. The third-order valence-electron chi connectivity index (χ3n) is 2.33. The Morgan fingerprint density at radius 1 is 1.25 bits per heavy atom. The van der Waals surface area contributed by atoms with Crippen molar-refractivity contribution in [2.45, 2.75) is 6.04 Å². The van der Waals surface area contributed by atoms with Crippen molar-refractivity contribution in [2.24, 2.45) is 5.73 Å². The molecule has 0 fully saturated rings. The molecule has 0 bridgehead atoms. The second-order valence-corrected chi connectivity index (χ2v) is 4.41. The monoisotopic (exact) mass is 236 g/mol. The maximum atomic E-state index is 13.4. The van der Waals surface area contributed by atoms with E-state index in [1.54, 1.807) is 29.5 Å². The highest BCUT2D eigenvalue weighted by atomic mass is 32.1. The first-order valence-corrected chi connectivity index (χ1v) is 5.94. The third kappa shape index (κ3) is 2.40. The maximum Gasteiger partial charge on any atom is 0.146 e. The third-order valence-corrected chi connectivity index (χ3v) is 3.31. The van der Waals surface area contributed by atoms with Crippen LogP contribution >= 0.6 is 11.3 Å². The normalized spacial score (nSPS) is 12.4. The fraction of sp³-hybridized carbons (Fsp3) is 0.167. The van der Waals surface area contributed by atoms with E-state index in [1.165, 1.54) is 6.07 Å². The second kappa shape index (κ2) is 5.09. The van der Waals surface area contributed by atoms with Gasteiger partial charge in [0.2, 0.25) is 0 Å². The minimum absolute atomic E-state index is 0.0306. The number of thiophene rings is 1. The number of hydrogen-bond acceptors (Lipinski definition) is 3. The summed E-state index contributed by atoms with van der Waals surface area (Å²) >= 11 is 1.62. The molecular weight excluding hydrogens is 223 g/mol. The van der Waals surface area contributed by atoms with Gasteiger partial charge in [-0.05, 0) is 23.6 Å². The molecule has 0 saturated carbocycles. The largest absolute Gasteiger partial charge is 0.374 e. The SMILES string of the molecule is NCC(Nc1ccccc1F)c1cccs1. The molecule has 0 aliphatic carbocycles. The van der Waals surface area contributed by atoms with Crippen LogP contribution < -0.4 is 11.1 Å². The zero-order valence-corrected chi connectivity index (χ0v) is 9.51. The average molecular weight is 236 g/mol. The van der Waals surface area contributed by atoms with E-state index in [0.717, 1.165) is 4.88 Å². The van der Waals surface area contributed by atoms with Crippen molar-refractivity contribution in [3.05, 3.63) is 52.5 Å². The number of para-hydroxylation sites is 1. The lowest BCUT2D eigenvalue weighted by molar-refractivity contribution is 0.626. The molecule has 84 valence electrons. The molecule has 4 heteroatoms. The number of halogens is 1. The van der Waals surface area contributed by atoms with Crippen LogP contribution in [0.15, 0.2) is 41.8 Å². The summed E-state index contributed by atoms with van der Waals surface area (Å²) in [6.45, 7) is 0.439. The maximum absolute atomic E-state index is 13.4. The fourth-order valence-corrected chi connectivity index (χ4v) is 2.29. The summed E-state index contributed by atoms with van der Waals surface area (Å²) in [5, 5.41) is 5.10. The highest BCUT2D eigenvalue weighted by molar-refractivity contribution is 7.10. The van der Waals surface area contributed by atoms with E-state index >= 15 is 0 Å². The lowest BCUT2D eigenvalue weighted by Gasteiger charge is -2.17. The quantitative estimate of drug-likeness (QED) is 0.856. The summed E-state index contributed by atoms with van der Waals surface area (Å²) in [6, 6.07) is 10.5. The van der Waals surface area contributed by atoms with Gasteiger partial charge in [0.25, 0.3) is 0 Å². The van der Waals surface area contributed by atoms with Crippen LogP contribution in [0.25, 0.3) is 0 Å². The number of anilines is 1. The topological polar surface area (TPSA) is 38.0 Å². The van der Waals surface area contributed by atoms with E-state index in [0.29, 0.717) is 12.2 Å². The van der Waals surface area contributed by atoms with Crippen molar-refractivity contribution < 1.29 is 4.39 Å². The average Bonchev–Trinajstić information content (AvgIpc) is 2.81. The number of benzene rings is 1. The molecule has 0 radical (unpaired) electrons. The lowest BCUT2D eigenvalue weighted by Crippen LogP contribution is -2.20. The minimum atomic E-state index is -0.252. The van der Waals surface area contributed by atoms with Crippen LogP contribution in [0.1, 0.15) is 10.9 Å². The number of rotatable bonds is 4. The van der Waals surface area contributed by atoms with Gasteiger partial charge in [0.05, 0.1) is 11.7 Å². The van der Waals surface area contributed by atoms with Crippen LogP contribution in [0.3, 0.4) is 0 Å². The molecule has 0 saturated heterocycles. The highest BCUT2D eigenvalue weighted by Gasteiger charge is 2.11. The Labute approximate surface area is 97.9 Å². The minimum Gasteiger partial charge on any atom is -0.374 e. The van der Waals surface area contributed by atoms with Crippen molar-refractivity contribution >= 4 is 17.0 Å². The predicted octanol–water partition coefficient (Wildman–Crippen LogP) is 3.00. The first-order valence-electron chi connectivity index (χ1n) is 5.06. The van der Waals surface area contributed by atoms with Gasteiger partial charge in [-0.3, -0.25) is 0 Å². The molecule has 1 atom stereocenters.